The van der Waals surface area contributed by atoms with Gasteiger partial charge in [0.25, 0.3) is 0 Å². The number of hydrogen-bond donors (Lipinski definition) is 2. The van der Waals surface area contributed by atoms with E-state index in [9.17, 15) is 23.1 Å². The third kappa shape index (κ3) is 6.13. The van der Waals surface area contributed by atoms with Gasteiger partial charge in [-0.15, -0.1) is 5.10 Å². The Hall–Kier alpha value is -3.94. The van der Waals surface area contributed by atoms with Gasteiger partial charge in [0.2, 0.25) is 15.9 Å². The number of aryl methyl sites for hydroxylation is 2. The predicted molar refractivity (Wildman–Crippen MR) is 160 cm³/mol. The van der Waals surface area contributed by atoms with Crippen LogP contribution in [0.1, 0.15) is 47.4 Å². The number of thiazole rings is 1. The number of fused-ring (bicyclic) bond motifs is 1. The molecule has 1 fully saturated rings. The van der Waals surface area contributed by atoms with Crippen LogP contribution in [0.4, 0.5) is 5.13 Å². The van der Waals surface area contributed by atoms with Gasteiger partial charge in [-0.1, -0.05) is 68.0 Å². The van der Waals surface area contributed by atoms with Gasteiger partial charge < -0.3 is 15.3 Å². The molecule has 220 valence electrons. The molecule has 13 heteroatoms. The molecule has 4 aromatic rings. The Morgan fingerprint density at radius 1 is 1.02 bits per heavy atom. The average Bonchev–Trinajstić information content (AvgIpc) is 3.45. The number of rotatable bonds is 10. The quantitative estimate of drug-likeness (QED) is 0.276. The van der Waals surface area contributed by atoms with E-state index < -0.39 is 27.9 Å². The van der Waals surface area contributed by atoms with Crippen molar-refractivity contribution in [1.29, 1.82) is 0 Å². The van der Waals surface area contributed by atoms with Gasteiger partial charge >= 0.3 is 5.97 Å². The Morgan fingerprint density at radius 2 is 1.71 bits per heavy atom. The molecule has 0 radical (unpaired) electrons. The zero-order valence-electron chi connectivity index (χ0n) is 23.4. The van der Waals surface area contributed by atoms with E-state index in [0.717, 1.165) is 30.4 Å². The van der Waals surface area contributed by atoms with Gasteiger partial charge in [0.05, 0.1) is 15.8 Å². The molecule has 1 amide bonds. The average molecular weight is 609 g/mol. The monoisotopic (exact) mass is 608 g/mol. The minimum absolute atomic E-state index is 0.0383. The van der Waals surface area contributed by atoms with Crippen LogP contribution in [0, 0.1) is 0 Å². The van der Waals surface area contributed by atoms with Crippen LogP contribution >= 0.6 is 11.3 Å². The molecule has 0 bridgehead atoms. The summed E-state index contributed by atoms with van der Waals surface area (Å²) in [4.78, 5) is 31.7. The van der Waals surface area contributed by atoms with Crippen molar-refractivity contribution in [2.24, 2.45) is 0 Å². The molecule has 11 nitrogen and oxygen atoms in total. The maximum atomic E-state index is 13.8. The lowest BCUT2D eigenvalue weighted by Crippen LogP contribution is -2.60. The Bertz CT molecular complexity index is 1690. The number of sulfonamides is 1. The number of nitrogens with zero attached hydrogens (tertiary/aromatic N) is 5. The summed E-state index contributed by atoms with van der Waals surface area (Å²) in [6.07, 6.45) is 4.24. The molecule has 0 spiro atoms. The number of piperazine rings is 1. The topological polar surface area (TPSA) is 146 Å². The molecule has 0 aliphatic carbocycles. The molecule has 2 aromatic heterocycles. The second-order valence-corrected chi connectivity index (χ2v) is 13.0. The molecule has 42 heavy (non-hydrogen) atoms. The van der Waals surface area contributed by atoms with Gasteiger partial charge in [0.1, 0.15) is 11.6 Å². The predicted octanol–water partition coefficient (Wildman–Crippen LogP) is 3.50. The van der Waals surface area contributed by atoms with Crippen LogP contribution in [0.3, 0.4) is 0 Å². The van der Waals surface area contributed by atoms with E-state index in [1.807, 2.05) is 36.1 Å². The SMILES string of the molecule is CCCc1ccc(CNC(=O)C2CN(c3nc4c(C(=O)O)nncc4s3)CCN2S(=O)(=O)c2ccc(CC)cc2)cc1. The third-order valence-electron chi connectivity index (χ3n) is 7.27. The van der Waals surface area contributed by atoms with Gasteiger partial charge in [-0.3, -0.25) is 4.79 Å². The van der Waals surface area contributed by atoms with Crippen molar-refractivity contribution in [3.05, 3.63) is 77.1 Å². The Labute approximate surface area is 248 Å². The molecule has 3 heterocycles. The summed E-state index contributed by atoms with van der Waals surface area (Å²) in [6, 6.07) is 13.7. The first-order valence-electron chi connectivity index (χ1n) is 13.8. The number of carbonyl (C=O) groups is 2. The first-order chi connectivity index (χ1) is 20.2. The molecule has 2 N–H and O–H groups in total. The summed E-state index contributed by atoms with van der Waals surface area (Å²) in [5.74, 6) is -1.67. The van der Waals surface area contributed by atoms with Crippen molar-refractivity contribution in [3.63, 3.8) is 0 Å². The van der Waals surface area contributed by atoms with Crippen LogP contribution in [0.2, 0.25) is 0 Å². The number of carbonyl (C=O) groups excluding carboxylic acids is 1. The number of hydrogen-bond acceptors (Lipinski definition) is 9. The summed E-state index contributed by atoms with van der Waals surface area (Å²) < 4.78 is 29.4. The zero-order chi connectivity index (χ0) is 29.9. The molecule has 5 rings (SSSR count). The van der Waals surface area contributed by atoms with Crippen molar-refractivity contribution in [3.8, 4) is 0 Å². The molecular formula is C29H32N6O5S2. The number of aromatic carboxylic acids is 1. The highest BCUT2D eigenvalue weighted by Crippen LogP contribution is 2.32. The fraction of sp³-hybridized carbons (Fsp3) is 0.345. The van der Waals surface area contributed by atoms with Gasteiger partial charge in [-0.25, -0.2) is 18.2 Å². The van der Waals surface area contributed by atoms with Gasteiger partial charge in [-0.05, 0) is 41.7 Å². The highest BCUT2D eigenvalue weighted by atomic mass is 32.2. The molecule has 1 saturated heterocycles. The molecule has 0 saturated carbocycles. The second kappa shape index (κ2) is 12.5. The minimum Gasteiger partial charge on any atom is -0.476 e. The molecular weight excluding hydrogens is 576 g/mol. The van der Waals surface area contributed by atoms with Crippen molar-refractivity contribution in [1.82, 2.24) is 24.8 Å². The first kappa shape index (κ1) is 29.5. The van der Waals surface area contributed by atoms with Crippen molar-refractivity contribution < 1.29 is 23.1 Å². The van der Waals surface area contributed by atoms with Crippen LogP contribution in [0.15, 0.2) is 59.6 Å². The van der Waals surface area contributed by atoms with E-state index in [0.29, 0.717) is 9.83 Å². The number of benzene rings is 2. The van der Waals surface area contributed by atoms with Gasteiger partial charge in [0.15, 0.2) is 10.8 Å². The smallest absolute Gasteiger partial charge is 0.358 e. The number of nitrogens with one attached hydrogen (secondary N) is 1. The molecule has 1 atom stereocenters. The Balaban J connectivity index is 1.42. The van der Waals surface area contributed by atoms with Crippen LogP contribution in [0.25, 0.3) is 10.2 Å². The second-order valence-electron chi connectivity index (χ2n) is 10.1. The number of carboxylic acid groups (broad SMARTS) is 1. The van der Waals surface area contributed by atoms with Crippen molar-refractivity contribution >= 4 is 48.6 Å². The van der Waals surface area contributed by atoms with Crippen LogP contribution in [-0.2, 0) is 34.2 Å². The number of amides is 1. The van der Waals surface area contributed by atoms with E-state index >= 15 is 0 Å². The van der Waals surface area contributed by atoms with Crippen LogP contribution in [-0.4, -0.2) is 70.6 Å². The van der Waals surface area contributed by atoms with Crippen LogP contribution < -0.4 is 10.2 Å². The number of anilines is 1. The lowest BCUT2D eigenvalue weighted by molar-refractivity contribution is -0.125. The highest BCUT2D eigenvalue weighted by molar-refractivity contribution is 7.89. The first-order valence-corrected chi connectivity index (χ1v) is 16.0. The van der Waals surface area contributed by atoms with E-state index in [1.165, 1.54) is 27.4 Å². The van der Waals surface area contributed by atoms with E-state index in [1.54, 1.807) is 24.3 Å². The lowest BCUT2D eigenvalue weighted by atomic mass is 10.1. The summed E-state index contributed by atoms with van der Waals surface area (Å²) in [7, 11) is -3.99. The lowest BCUT2D eigenvalue weighted by Gasteiger charge is -2.39. The Kier molecular flexibility index (Phi) is 8.80. The van der Waals surface area contributed by atoms with Crippen molar-refractivity contribution in [2.75, 3.05) is 24.5 Å². The molecule has 1 aliphatic rings. The maximum Gasteiger partial charge on any atom is 0.358 e. The minimum atomic E-state index is -3.99. The third-order valence-corrected chi connectivity index (χ3v) is 10.2. The summed E-state index contributed by atoms with van der Waals surface area (Å²) in [5.41, 5.74) is 3.09. The fourth-order valence-electron chi connectivity index (χ4n) is 4.94. The van der Waals surface area contributed by atoms with Gasteiger partial charge in [-0.2, -0.15) is 9.40 Å². The number of aromatic nitrogens is 3. The highest BCUT2D eigenvalue weighted by Gasteiger charge is 2.41. The molecule has 2 aromatic carbocycles. The summed E-state index contributed by atoms with van der Waals surface area (Å²) in [5, 5.41) is 20.4. The van der Waals surface area contributed by atoms with E-state index in [2.05, 4.69) is 27.4 Å². The standard InChI is InChI=1S/C29H32N6O5S2/c1-3-5-20-6-8-21(9-7-20)16-30-27(36)23-18-34(29-32-25-24(41-29)17-31-33-26(25)28(37)38)14-15-35(23)42(39,40)22-12-10-19(4-2)11-13-22/h6-13,17,23H,3-5,14-16,18H2,1-2H3,(H,30,36)(H,37,38). The van der Waals surface area contributed by atoms with Crippen molar-refractivity contribution in [2.45, 2.75) is 50.6 Å². The fourth-order valence-corrected chi connectivity index (χ4v) is 7.47. The van der Waals surface area contributed by atoms with E-state index in [-0.39, 0.29) is 42.3 Å². The zero-order valence-corrected chi connectivity index (χ0v) is 25.0. The molecule has 1 aliphatic heterocycles. The summed E-state index contributed by atoms with van der Waals surface area (Å²) >= 11 is 1.22. The van der Waals surface area contributed by atoms with Crippen LogP contribution in [0.5, 0.6) is 0 Å². The largest absolute Gasteiger partial charge is 0.476 e. The maximum absolute atomic E-state index is 13.8. The van der Waals surface area contributed by atoms with Gasteiger partial charge in [0, 0.05) is 26.2 Å². The number of carboxylic acids is 1. The normalized spacial score (nSPS) is 16.0. The molecule has 1 unspecified atom stereocenters. The Morgan fingerprint density at radius 3 is 2.38 bits per heavy atom. The van der Waals surface area contributed by atoms with E-state index in [4.69, 9.17) is 0 Å². The summed E-state index contributed by atoms with van der Waals surface area (Å²) in [6.45, 7) is 4.70.